The van der Waals surface area contributed by atoms with Crippen LogP contribution in [0.1, 0.15) is 54.3 Å². The summed E-state index contributed by atoms with van der Waals surface area (Å²) < 4.78 is 1.56. The molecule has 0 bridgehead atoms. The molecule has 156 valence electrons. The SMILES string of the molecule is Cc1nc2cc([C@@H]3CCN(Cc4ccc(C#CC(C)(C)O)cc4)C3)[nH]n2c(=O)c1C. The predicted octanol–water partition coefficient (Wildman–Crippen LogP) is 2.75. The first-order valence-electron chi connectivity index (χ1n) is 10.4. The molecule has 1 atom stereocenters. The van der Waals surface area contributed by atoms with Gasteiger partial charge < -0.3 is 5.11 Å². The van der Waals surface area contributed by atoms with Crippen LogP contribution < -0.4 is 5.56 Å². The number of nitrogens with zero attached hydrogens (tertiary/aromatic N) is 3. The van der Waals surface area contributed by atoms with E-state index in [1.165, 1.54) is 5.56 Å². The zero-order valence-corrected chi connectivity index (χ0v) is 18.0. The third-order valence-electron chi connectivity index (χ3n) is 5.69. The zero-order chi connectivity index (χ0) is 21.5. The average Bonchev–Trinajstić information content (AvgIpc) is 3.32. The molecule has 0 radical (unpaired) electrons. The predicted molar refractivity (Wildman–Crippen MR) is 118 cm³/mol. The normalized spacial score (nSPS) is 17.3. The van der Waals surface area contributed by atoms with Crippen molar-refractivity contribution in [1.82, 2.24) is 19.5 Å². The number of aryl methyl sites for hydroxylation is 1. The van der Waals surface area contributed by atoms with Gasteiger partial charge in [-0.2, -0.15) is 0 Å². The van der Waals surface area contributed by atoms with Gasteiger partial charge in [0, 0.05) is 47.6 Å². The first-order chi connectivity index (χ1) is 14.2. The summed E-state index contributed by atoms with van der Waals surface area (Å²) in [6, 6.07) is 10.2. The van der Waals surface area contributed by atoms with E-state index in [9.17, 15) is 9.90 Å². The molecule has 1 saturated heterocycles. The van der Waals surface area contributed by atoms with Crippen molar-refractivity contribution < 1.29 is 5.11 Å². The summed E-state index contributed by atoms with van der Waals surface area (Å²) in [6.07, 6.45) is 1.05. The van der Waals surface area contributed by atoms with Gasteiger partial charge in [0.05, 0.1) is 0 Å². The van der Waals surface area contributed by atoms with Crippen LogP contribution >= 0.6 is 0 Å². The molecule has 6 heteroatoms. The van der Waals surface area contributed by atoms with Gasteiger partial charge in [-0.15, -0.1) is 0 Å². The first kappa shape index (κ1) is 20.4. The lowest BCUT2D eigenvalue weighted by Crippen LogP contribution is -2.20. The Morgan fingerprint density at radius 2 is 2.00 bits per heavy atom. The quantitative estimate of drug-likeness (QED) is 0.659. The lowest BCUT2D eigenvalue weighted by Gasteiger charge is -2.15. The second kappa shape index (κ2) is 7.75. The molecule has 2 aromatic heterocycles. The van der Waals surface area contributed by atoms with Crippen LogP contribution in [0, 0.1) is 25.7 Å². The van der Waals surface area contributed by atoms with E-state index in [-0.39, 0.29) is 5.56 Å². The maximum Gasteiger partial charge on any atom is 0.275 e. The van der Waals surface area contributed by atoms with Crippen LogP contribution in [0.25, 0.3) is 5.65 Å². The van der Waals surface area contributed by atoms with E-state index in [1.54, 1.807) is 18.4 Å². The Hall–Kier alpha value is -2.88. The molecule has 0 aliphatic carbocycles. The maximum atomic E-state index is 12.5. The van der Waals surface area contributed by atoms with Gasteiger partial charge >= 0.3 is 0 Å². The van der Waals surface area contributed by atoms with Crippen LogP contribution in [-0.4, -0.2) is 43.3 Å². The Balaban J connectivity index is 1.44. The minimum atomic E-state index is -0.982. The van der Waals surface area contributed by atoms with E-state index in [1.807, 2.05) is 32.0 Å². The van der Waals surface area contributed by atoms with Crippen molar-refractivity contribution in [2.24, 2.45) is 0 Å². The third-order valence-corrected chi connectivity index (χ3v) is 5.69. The molecule has 1 fully saturated rings. The Morgan fingerprint density at radius 3 is 2.70 bits per heavy atom. The van der Waals surface area contributed by atoms with Crippen molar-refractivity contribution in [2.75, 3.05) is 13.1 Å². The van der Waals surface area contributed by atoms with Crippen molar-refractivity contribution in [3.63, 3.8) is 0 Å². The summed E-state index contributed by atoms with van der Waals surface area (Å²) >= 11 is 0. The number of fused-ring (bicyclic) bond motifs is 1. The Morgan fingerprint density at radius 1 is 1.27 bits per heavy atom. The fraction of sp³-hybridized carbons (Fsp3) is 0.417. The van der Waals surface area contributed by atoms with Crippen molar-refractivity contribution in [3.8, 4) is 11.8 Å². The second-order valence-electron chi connectivity index (χ2n) is 8.76. The number of aromatic amines is 1. The molecule has 4 rings (SSSR count). The van der Waals surface area contributed by atoms with E-state index in [0.717, 1.165) is 43.0 Å². The first-order valence-corrected chi connectivity index (χ1v) is 10.4. The average molecular weight is 405 g/mol. The van der Waals surface area contributed by atoms with E-state index in [4.69, 9.17) is 0 Å². The van der Waals surface area contributed by atoms with Crippen LogP contribution in [0.15, 0.2) is 35.1 Å². The number of likely N-dealkylation sites (tertiary alicyclic amines) is 1. The van der Waals surface area contributed by atoms with E-state index in [0.29, 0.717) is 17.1 Å². The Labute approximate surface area is 176 Å². The van der Waals surface area contributed by atoms with Gasteiger partial charge in [0.25, 0.3) is 5.56 Å². The Bertz CT molecular complexity index is 1190. The molecule has 0 saturated carbocycles. The highest BCUT2D eigenvalue weighted by molar-refractivity contribution is 5.42. The summed E-state index contributed by atoms with van der Waals surface area (Å²) in [4.78, 5) is 19.4. The molecule has 3 heterocycles. The molecule has 1 aliphatic rings. The number of aromatic nitrogens is 3. The van der Waals surface area contributed by atoms with E-state index in [2.05, 4.69) is 39.0 Å². The molecular formula is C24H28N4O2. The van der Waals surface area contributed by atoms with Crippen LogP contribution in [0.5, 0.6) is 0 Å². The zero-order valence-electron chi connectivity index (χ0n) is 18.0. The molecule has 0 amide bonds. The molecule has 0 spiro atoms. The fourth-order valence-corrected chi connectivity index (χ4v) is 3.85. The summed E-state index contributed by atoms with van der Waals surface area (Å²) in [7, 11) is 0. The molecule has 0 unspecified atom stereocenters. The van der Waals surface area contributed by atoms with E-state index >= 15 is 0 Å². The number of hydrogen-bond acceptors (Lipinski definition) is 4. The highest BCUT2D eigenvalue weighted by Crippen LogP contribution is 2.27. The number of aliphatic hydroxyl groups is 1. The number of hydrogen-bond donors (Lipinski definition) is 2. The molecule has 2 N–H and O–H groups in total. The minimum Gasteiger partial charge on any atom is -0.378 e. The van der Waals surface area contributed by atoms with Crippen LogP contribution in [0.3, 0.4) is 0 Å². The fourth-order valence-electron chi connectivity index (χ4n) is 3.85. The van der Waals surface area contributed by atoms with Gasteiger partial charge in [-0.25, -0.2) is 9.50 Å². The smallest absolute Gasteiger partial charge is 0.275 e. The minimum absolute atomic E-state index is 0.0219. The topological polar surface area (TPSA) is 73.6 Å². The van der Waals surface area contributed by atoms with Gasteiger partial charge in [0.15, 0.2) is 5.65 Å². The standard InChI is InChI=1S/C24H28N4O2/c1-16-17(2)25-22-13-21(26-28(22)23(16)29)20-10-12-27(15-20)14-19-7-5-18(6-8-19)9-11-24(3,4)30/h5-8,13,20,26,30H,10,12,14-15H2,1-4H3/t20-/m1/s1. The summed E-state index contributed by atoms with van der Waals surface area (Å²) in [6.45, 7) is 9.89. The largest absolute Gasteiger partial charge is 0.378 e. The van der Waals surface area contributed by atoms with Gasteiger partial charge in [-0.05, 0) is 58.4 Å². The number of rotatable bonds is 3. The van der Waals surface area contributed by atoms with Crippen LogP contribution in [-0.2, 0) is 6.54 Å². The van der Waals surface area contributed by atoms with Crippen molar-refractivity contribution in [3.05, 3.63) is 68.8 Å². The van der Waals surface area contributed by atoms with E-state index < -0.39 is 5.60 Å². The van der Waals surface area contributed by atoms with Crippen molar-refractivity contribution >= 4 is 5.65 Å². The summed E-state index contributed by atoms with van der Waals surface area (Å²) in [5, 5.41) is 13.0. The third kappa shape index (κ3) is 4.33. The summed E-state index contributed by atoms with van der Waals surface area (Å²) in [5.74, 6) is 6.21. The van der Waals surface area contributed by atoms with Crippen molar-refractivity contribution in [2.45, 2.75) is 52.2 Å². The van der Waals surface area contributed by atoms with Gasteiger partial charge in [0.2, 0.25) is 0 Å². The second-order valence-corrected chi connectivity index (χ2v) is 8.76. The van der Waals surface area contributed by atoms with Gasteiger partial charge in [-0.3, -0.25) is 14.8 Å². The van der Waals surface area contributed by atoms with Gasteiger partial charge in [-0.1, -0.05) is 24.0 Å². The molecule has 1 aromatic carbocycles. The lowest BCUT2D eigenvalue weighted by molar-refractivity contribution is 0.143. The molecule has 6 nitrogen and oxygen atoms in total. The number of nitrogens with one attached hydrogen (secondary N) is 1. The monoisotopic (exact) mass is 404 g/mol. The number of H-pyrrole nitrogens is 1. The lowest BCUT2D eigenvalue weighted by atomic mass is 10.1. The highest BCUT2D eigenvalue weighted by Gasteiger charge is 2.26. The Kier molecular flexibility index (Phi) is 5.27. The molecule has 3 aromatic rings. The summed E-state index contributed by atoms with van der Waals surface area (Å²) in [5.41, 5.74) is 4.38. The maximum absolute atomic E-state index is 12.5. The van der Waals surface area contributed by atoms with Gasteiger partial charge in [0.1, 0.15) is 5.60 Å². The highest BCUT2D eigenvalue weighted by atomic mass is 16.3. The van der Waals surface area contributed by atoms with Crippen molar-refractivity contribution in [1.29, 1.82) is 0 Å². The number of benzene rings is 1. The van der Waals surface area contributed by atoms with Crippen LogP contribution in [0.2, 0.25) is 0 Å². The molecule has 30 heavy (non-hydrogen) atoms. The molecular weight excluding hydrogens is 376 g/mol. The van der Waals surface area contributed by atoms with Crippen LogP contribution in [0.4, 0.5) is 0 Å². The molecule has 1 aliphatic heterocycles.